The van der Waals surface area contributed by atoms with E-state index in [2.05, 4.69) is 29.4 Å². The summed E-state index contributed by atoms with van der Waals surface area (Å²) < 4.78 is 11.6. The zero-order valence-corrected chi connectivity index (χ0v) is 20.1. The molecule has 4 heterocycles. The number of hydrogen-bond acceptors (Lipinski definition) is 4. The normalized spacial score (nSPS) is 22.9. The van der Waals surface area contributed by atoms with Gasteiger partial charge in [0, 0.05) is 62.7 Å². The molecule has 2 amide bonds. The van der Waals surface area contributed by atoms with Crippen LogP contribution >= 0.6 is 0 Å². The summed E-state index contributed by atoms with van der Waals surface area (Å²) in [6, 6.07) is 8.32. The molecule has 1 aromatic carbocycles. The molecule has 1 N–H and O–H groups in total. The van der Waals surface area contributed by atoms with E-state index >= 15 is 0 Å². The number of morpholine rings is 1. The van der Waals surface area contributed by atoms with Gasteiger partial charge in [-0.3, -0.25) is 9.59 Å². The number of piperidine rings is 1. The zero-order valence-electron chi connectivity index (χ0n) is 20.1. The molecule has 184 valence electrons. The second kappa shape index (κ2) is 10.5. The average Bonchev–Trinajstić information content (AvgIpc) is 3.28. The smallest absolute Gasteiger partial charge is 0.223 e. The van der Waals surface area contributed by atoms with Gasteiger partial charge < -0.3 is 24.3 Å². The Morgan fingerprint density at radius 2 is 1.76 bits per heavy atom. The highest BCUT2D eigenvalue weighted by atomic mass is 16.5. The number of nitrogens with one attached hydrogen (secondary N) is 1. The van der Waals surface area contributed by atoms with Crippen molar-refractivity contribution in [1.29, 1.82) is 0 Å². The van der Waals surface area contributed by atoms with Crippen LogP contribution < -0.4 is 0 Å². The highest BCUT2D eigenvalue weighted by Gasteiger charge is 2.41. The Morgan fingerprint density at radius 3 is 2.59 bits per heavy atom. The largest absolute Gasteiger partial charge is 0.378 e. The highest BCUT2D eigenvalue weighted by molar-refractivity contribution is 5.83. The number of H-pyrrole nitrogens is 1. The van der Waals surface area contributed by atoms with E-state index in [0.29, 0.717) is 45.1 Å². The van der Waals surface area contributed by atoms with Crippen LogP contribution in [-0.4, -0.2) is 78.2 Å². The molecule has 1 aromatic heterocycles. The first-order valence-corrected chi connectivity index (χ1v) is 12.9. The number of aromatic amines is 1. The monoisotopic (exact) mass is 467 g/mol. The number of amides is 2. The van der Waals surface area contributed by atoms with E-state index in [0.717, 1.165) is 63.7 Å². The van der Waals surface area contributed by atoms with Gasteiger partial charge in [0.1, 0.15) is 0 Å². The van der Waals surface area contributed by atoms with Gasteiger partial charge in [-0.1, -0.05) is 18.2 Å². The summed E-state index contributed by atoms with van der Waals surface area (Å²) in [4.78, 5) is 32.9. The minimum absolute atomic E-state index is 0.158. The number of ether oxygens (including phenoxy) is 2. The van der Waals surface area contributed by atoms with E-state index in [9.17, 15) is 9.59 Å². The van der Waals surface area contributed by atoms with Crippen LogP contribution in [0.1, 0.15) is 50.5 Å². The number of aromatic nitrogens is 1. The molecule has 1 unspecified atom stereocenters. The number of likely N-dealkylation sites (tertiary alicyclic amines) is 1. The molecule has 7 heteroatoms. The van der Waals surface area contributed by atoms with Crippen LogP contribution in [0.25, 0.3) is 10.9 Å². The maximum absolute atomic E-state index is 12.9. The number of fused-ring (bicyclic) bond motifs is 1. The molecule has 0 bridgehead atoms. The van der Waals surface area contributed by atoms with Crippen molar-refractivity contribution in [2.24, 2.45) is 5.92 Å². The fourth-order valence-corrected chi connectivity index (χ4v) is 5.93. The zero-order chi connectivity index (χ0) is 23.4. The van der Waals surface area contributed by atoms with Crippen molar-refractivity contribution in [2.75, 3.05) is 46.0 Å². The van der Waals surface area contributed by atoms with Gasteiger partial charge in [-0.05, 0) is 56.1 Å². The minimum Gasteiger partial charge on any atom is -0.378 e. The van der Waals surface area contributed by atoms with Crippen LogP contribution in [0.5, 0.6) is 0 Å². The number of nitrogens with zero attached hydrogens (tertiary/aromatic N) is 2. The molecule has 3 aliphatic heterocycles. The second-order valence-corrected chi connectivity index (χ2v) is 10.2. The van der Waals surface area contributed by atoms with E-state index in [1.807, 2.05) is 15.9 Å². The SMILES string of the molecule is O=C(CCCc1c[nH]c2ccccc12)N1CCC2(CC1)CC(CC(=O)N1CCOCC1)CCO2. The maximum Gasteiger partial charge on any atom is 0.223 e. The van der Waals surface area contributed by atoms with Crippen molar-refractivity contribution in [1.82, 2.24) is 14.8 Å². The number of rotatable bonds is 6. The predicted octanol–water partition coefficient (Wildman–Crippen LogP) is 3.53. The topological polar surface area (TPSA) is 74.9 Å². The molecular weight excluding hydrogens is 430 g/mol. The van der Waals surface area contributed by atoms with Gasteiger partial charge in [-0.25, -0.2) is 0 Å². The predicted molar refractivity (Wildman–Crippen MR) is 130 cm³/mol. The van der Waals surface area contributed by atoms with E-state index in [-0.39, 0.29) is 17.4 Å². The average molecular weight is 468 g/mol. The lowest BCUT2D eigenvalue weighted by atomic mass is 9.78. The van der Waals surface area contributed by atoms with Crippen LogP contribution in [-0.2, 0) is 25.5 Å². The maximum atomic E-state index is 12.9. The molecule has 0 radical (unpaired) electrons. The first-order chi connectivity index (χ1) is 16.6. The summed E-state index contributed by atoms with van der Waals surface area (Å²) in [5, 5.41) is 1.26. The third-order valence-corrected chi connectivity index (χ3v) is 7.96. The Bertz CT molecular complexity index is 989. The van der Waals surface area contributed by atoms with Gasteiger partial charge in [0.05, 0.1) is 18.8 Å². The van der Waals surface area contributed by atoms with Crippen molar-refractivity contribution in [3.8, 4) is 0 Å². The Balaban J connectivity index is 1.07. The second-order valence-electron chi connectivity index (χ2n) is 10.2. The molecular formula is C27H37N3O4. The fourth-order valence-electron chi connectivity index (χ4n) is 5.93. The Labute approximate surface area is 201 Å². The van der Waals surface area contributed by atoms with Gasteiger partial charge in [0.25, 0.3) is 0 Å². The number of hydrogen-bond donors (Lipinski definition) is 1. The number of carbonyl (C=O) groups excluding carboxylic acids is 2. The van der Waals surface area contributed by atoms with Crippen molar-refractivity contribution >= 4 is 22.7 Å². The molecule has 2 aromatic rings. The summed E-state index contributed by atoms with van der Waals surface area (Å²) in [5.41, 5.74) is 2.28. The minimum atomic E-state index is -0.158. The number of carbonyl (C=O) groups is 2. The van der Waals surface area contributed by atoms with Crippen molar-refractivity contribution in [3.63, 3.8) is 0 Å². The molecule has 5 rings (SSSR count). The summed E-state index contributed by atoms with van der Waals surface area (Å²) in [6.45, 7) is 4.96. The summed E-state index contributed by atoms with van der Waals surface area (Å²) in [5.74, 6) is 0.889. The van der Waals surface area contributed by atoms with Crippen molar-refractivity contribution < 1.29 is 19.1 Å². The van der Waals surface area contributed by atoms with Gasteiger partial charge in [-0.15, -0.1) is 0 Å². The molecule has 3 fully saturated rings. The molecule has 1 atom stereocenters. The van der Waals surface area contributed by atoms with Gasteiger partial charge in [0.15, 0.2) is 0 Å². The number of para-hydroxylation sites is 1. The fraction of sp³-hybridized carbons (Fsp3) is 0.630. The summed E-state index contributed by atoms with van der Waals surface area (Å²) in [6.07, 6.45) is 8.69. The van der Waals surface area contributed by atoms with E-state index in [4.69, 9.17) is 9.47 Å². The van der Waals surface area contributed by atoms with Crippen LogP contribution in [0.3, 0.4) is 0 Å². The molecule has 3 saturated heterocycles. The Morgan fingerprint density at radius 1 is 1.00 bits per heavy atom. The van der Waals surface area contributed by atoms with Crippen molar-refractivity contribution in [2.45, 2.75) is 57.0 Å². The van der Waals surface area contributed by atoms with E-state index in [1.54, 1.807) is 0 Å². The standard InChI is InChI=1S/C27H37N3O4/c31-25(7-3-4-22-20-28-24-6-2-1-5-23(22)24)29-11-9-27(10-12-29)19-21(8-15-34-27)18-26(32)30-13-16-33-17-14-30/h1-2,5-6,20-21,28H,3-4,7-19H2. The van der Waals surface area contributed by atoms with Gasteiger partial charge >= 0.3 is 0 Å². The molecule has 0 saturated carbocycles. The molecule has 7 nitrogen and oxygen atoms in total. The number of aryl methyl sites for hydroxylation is 1. The Kier molecular flexibility index (Phi) is 7.21. The van der Waals surface area contributed by atoms with Gasteiger partial charge in [-0.2, -0.15) is 0 Å². The molecule has 34 heavy (non-hydrogen) atoms. The van der Waals surface area contributed by atoms with E-state index in [1.165, 1.54) is 10.9 Å². The van der Waals surface area contributed by atoms with E-state index < -0.39 is 0 Å². The van der Waals surface area contributed by atoms with Crippen LogP contribution in [0, 0.1) is 5.92 Å². The molecule has 1 spiro atoms. The summed E-state index contributed by atoms with van der Waals surface area (Å²) >= 11 is 0. The first kappa shape index (κ1) is 23.4. The highest BCUT2D eigenvalue weighted by Crippen LogP contribution is 2.39. The quantitative estimate of drug-likeness (QED) is 0.705. The third kappa shape index (κ3) is 5.31. The summed E-state index contributed by atoms with van der Waals surface area (Å²) in [7, 11) is 0. The first-order valence-electron chi connectivity index (χ1n) is 12.9. The van der Waals surface area contributed by atoms with Gasteiger partial charge in [0.2, 0.25) is 11.8 Å². The Hall–Kier alpha value is -2.38. The molecule has 0 aliphatic carbocycles. The van der Waals surface area contributed by atoms with Crippen LogP contribution in [0.15, 0.2) is 30.5 Å². The number of benzene rings is 1. The third-order valence-electron chi connectivity index (χ3n) is 7.96. The van der Waals surface area contributed by atoms with Crippen LogP contribution in [0.2, 0.25) is 0 Å². The lowest BCUT2D eigenvalue weighted by Gasteiger charge is -2.46. The molecule has 3 aliphatic rings. The lowest BCUT2D eigenvalue weighted by Crippen LogP contribution is -2.51. The van der Waals surface area contributed by atoms with Crippen LogP contribution in [0.4, 0.5) is 0 Å². The van der Waals surface area contributed by atoms with Crippen molar-refractivity contribution in [3.05, 3.63) is 36.0 Å². The lowest BCUT2D eigenvalue weighted by molar-refractivity contribution is -0.150.